The second kappa shape index (κ2) is 6.41. The van der Waals surface area contributed by atoms with Crippen LogP contribution in [-0.4, -0.2) is 19.1 Å². The first-order chi connectivity index (χ1) is 8.35. The van der Waals surface area contributed by atoms with E-state index in [4.69, 9.17) is 27.9 Å². The normalized spacial score (nSPS) is 11.4. The quantitative estimate of drug-likeness (QED) is 0.845. The van der Waals surface area contributed by atoms with E-state index in [1.165, 1.54) is 0 Å². The van der Waals surface area contributed by atoms with Gasteiger partial charge in [0.2, 0.25) is 0 Å². The predicted molar refractivity (Wildman–Crippen MR) is 74.1 cm³/mol. The van der Waals surface area contributed by atoms with Crippen molar-refractivity contribution in [1.29, 1.82) is 0 Å². The molecule has 5 heteroatoms. The van der Waals surface area contributed by atoms with Gasteiger partial charge in [-0.2, -0.15) is 0 Å². The summed E-state index contributed by atoms with van der Waals surface area (Å²) in [6.45, 7) is 6.21. The monoisotopic (exact) mass is 289 g/mol. The Hall–Kier alpha value is -0.770. The number of halogens is 2. The number of nitrogens with one attached hydrogen (secondary N) is 1. The molecule has 0 spiro atoms. The van der Waals surface area contributed by atoms with E-state index in [-0.39, 0.29) is 12.5 Å². The van der Waals surface area contributed by atoms with Crippen LogP contribution in [0.3, 0.4) is 0 Å². The van der Waals surface area contributed by atoms with E-state index in [0.29, 0.717) is 16.7 Å². The zero-order valence-corrected chi connectivity index (χ0v) is 12.2. The first kappa shape index (κ1) is 15.3. The van der Waals surface area contributed by atoms with Crippen LogP contribution in [0.4, 0.5) is 0 Å². The lowest BCUT2D eigenvalue weighted by molar-refractivity contribution is -0.142. The van der Waals surface area contributed by atoms with Gasteiger partial charge < -0.3 is 4.74 Å². The second-order valence-electron chi connectivity index (χ2n) is 4.44. The van der Waals surface area contributed by atoms with Gasteiger partial charge in [0, 0.05) is 15.6 Å². The van der Waals surface area contributed by atoms with E-state index >= 15 is 0 Å². The maximum Gasteiger partial charge on any atom is 0.319 e. The summed E-state index contributed by atoms with van der Waals surface area (Å²) in [6, 6.07) is 5.32. The van der Waals surface area contributed by atoms with E-state index in [1.54, 1.807) is 13.0 Å². The third-order valence-corrected chi connectivity index (χ3v) is 3.00. The van der Waals surface area contributed by atoms with Gasteiger partial charge in [0.1, 0.15) is 0 Å². The Bertz CT molecular complexity index is 413. The number of carbonyl (C=O) groups excluding carboxylic acids is 1. The Morgan fingerprint density at radius 1 is 1.28 bits per heavy atom. The largest absolute Gasteiger partial charge is 0.465 e. The minimum Gasteiger partial charge on any atom is -0.465 e. The lowest BCUT2D eigenvalue weighted by atomic mass is 9.94. The second-order valence-corrected chi connectivity index (χ2v) is 5.31. The van der Waals surface area contributed by atoms with Crippen LogP contribution in [0.25, 0.3) is 0 Å². The van der Waals surface area contributed by atoms with Crippen molar-refractivity contribution in [2.45, 2.75) is 26.3 Å². The van der Waals surface area contributed by atoms with Gasteiger partial charge in [-0.05, 0) is 44.5 Å². The summed E-state index contributed by atoms with van der Waals surface area (Å²) < 4.78 is 4.87. The van der Waals surface area contributed by atoms with Crippen LogP contribution in [0.5, 0.6) is 0 Å². The molecule has 1 rings (SSSR count). The molecule has 0 aliphatic carbocycles. The van der Waals surface area contributed by atoms with E-state index in [2.05, 4.69) is 5.32 Å². The summed E-state index contributed by atoms with van der Waals surface area (Å²) in [5.41, 5.74) is 0.505. The molecule has 0 aliphatic rings. The summed E-state index contributed by atoms with van der Waals surface area (Å²) in [4.78, 5) is 11.3. The lowest BCUT2D eigenvalue weighted by Gasteiger charge is -2.27. The third-order valence-electron chi connectivity index (χ3n) is 2.56. The zero-order valence-electron chi connectivity index (χ0n) is 10.7. The molecule has 1 aromatic rings. The molecular formula is C13H17Cl2NO2. The Balaban J connectivity index is 2.76. The van der Waals surface area contributed by atoms with E-state index in [9.17, 15) is 4.79 Å². The molecule has 0 aromatic heterocycles. The van der Waals surface area contributed by atoms with Gasteiger partial charge in [-0.1, -0.05) is 23.2 Å². The Morgan fingerprint density at radius 3 is 2.33 bits per heavy atom. The van der Waals surface area contributed by atoms with Crippen LogP contribution in [0.2, 0.25) is 10.0 Å². The molecular weight excluding hydrogens is 273 g/mol. The van der Waals surface area contributed by atoms with Crippen molar-refractivity contribution in [3.63, 3.8) is 0 Å². The van der Waals surface area contributed by atoms with Gasteiger partial charge in [0.15, 0.2) is 0 Å². The smallest absolute Gasteiger partial charge is 0.319 e. The number of carbonyl (C=O) groups is 1. The SMILES string of the molecule is CCOC(=O)CNC(C)(C)c1cc(Cl)cc(Cl)c1. The number of ether oxygens (including phenoxy) is 1. The summed E-state index contributed by atoms with van der Waals surface area (Å²) >= 11 is 11.9. The van der Waals surface area contributed by atoms with Crippen LogP contribution < -0.4 is 5.32 Å². The molecule has 0 fully saturated rings. The first-order valence-corrected chi connectivity index (χ1v) is 6.48. The number of benzene rings is 1. The fourth-order valence-corrected chi connectivity index (χ4v) is 2.05. The molecule has 0 aliphatic heterocycles. The summed E-state index contributed by atoms with van der Waals surface area (Å²) in [5.74, 6) is -0.279. The molecule has 18 heavy (non-hydrogen) atoms. The van der Waals surface area contributed by atoms with Crippen LogP contribution >= 0.6 is 23.2 Å². The Kier molecular flexibility index (Phi) is 5.45. The molecule has 0 unspecified atom stereocenters. The van der Waals surface area contributed by atoms with Gasteiger partial charge in [0.05, 0.1) is 13.2 Å². The Morgan fingerprint density at radius 2 is 1.83 bits per heavy atom. The highest BCUT2D eigenvalue weighted by Gasteiger charge is 2.22. The minimum absolute atomic E-state index is 0.144. The van der Waals surface area contributed by atoms with Gasteiger partial charge in [-0.25, -0.2) is 0 Å². The lowest BCUT2D eigenvalue weighted by Crippen LogP contribution is -2.40. The average Bonchev–Trinajstić information content (AvgIpc) is 2.26. The van der Waals surface area contributed by atoms with Crippen LogP contribution in [0.15, 0.2) is 18.2 Å². The molecule has 100 valence electrons. The number of rotatable bonds is 5. The number of hydrogen-bond donors (Lipinski definition) is 1. The topological polar surface area (TPSA) is 38.3 Å². The summed E-state index contributed by atoms with van der Waals surface area (Å²) in [6.07, 6.45) is 0. The van der Waals surface area contributed by atoms with E-state index < -0.39 is 5.54 Å². The standard InChI is InChI=1S/C13H17Cl2NO2/c1-4-18-12(17)8-16-13(2,3)9-5-10(14)7-11(15)6-9/h5-7,16H,4,8H2,1-3H3. The molecule has 0 saturated carbocycles. The molecule has 0 heterocycles. The summed E-state index contributed by atoms with van der Waals surface area (Å²) in [5, 5.41) is 4.27. The third kappa shape index (κ3) is 4.48. The van der Waals surface area contributed by atoms with Gasteiger partial charge in [0.25, 0.3) is 0 Å². The van der Waals surface area contributed by atoms with Crippen molar-refractivity contribution in [2.24, 2.45) is 0 Å². The maximum atomic E-state index is 11.3. The highest BCUT2D eigenvalue weighted by atomic mass is 35.5. The van der Waals surface area contributed by atoms with Crippen LogP contribution in [-0.2, 0) is 15.1 Å². The Labute approximate surface area is 117 Å². The van der Waals surface area contributed by atoms with Crippen molar-refractivity contribution in [2.75, 3.05) is 13.2 Å². The van der Waals surface area contributed by atoms with Crippen LogP contribution in [0, 0.1) is 0 Å². The molecule has 3 nitrogen and oxygen atoms in total. The average molecular weight is 290 g/mol. The minimum atomic E-state index is -0.415. The molecule has 0 radical (unpaired) electrons. The fraction of sp³-hybridized carbons (Fsp3) is 0.462. The molecule has 0 bridgehead atoms. The van der Waals surface area contributed by atoms with Gasteiger partial charge in [-0.15, -0.1) is 0 Å². The van der Waals surface area contributed by atoms with Crippen molar-refractivity contribution >= 4 is 29.2 Å². The summed E-state index contributed by atoms with van der Waals surface area (Å²) in [7, 11) is 0. The first-order valence-electron chi connectivity index (χ1n) is 5.72. The molecule has 0 atom stereocenters. The van der Waals surface area contributed by atoms with Gasteiger partial charge >= 0.3 is 5.97 Å². The molecule has 1 N–H and O–H groups in total. The molecule has 0 amide bonds. The predicted octanol–water partition coefficient (Wildman–Crippen LogP) is 3.38. The van der Waals surface area contributed by atoms with Gasteiger partial charge in [-0.3, -0.25) is 10.1 Å². The number of esters is 1. The zero-order chi connectivity index (χ0) is 13.8. The fourth-order valence-electron chi connectivity index (χ4n) is 1.52. The molecule has 1 aromatic carbocycles. The number of hydrogen-bond acceptors (Lipinski definition) is 3. The van der Waals surface area contributed by atoms with Crippen molar-refractivity contribution < 1.29 is 9.53 Å². The van der Waals surface area contributed by atoms with E-state index in [0.717, 1.165) is 5.56 Å². The maximum absolute atomic E-state index is 11.3. The van der Waals surface area contributed by atoms with Crippen LogP contribution in [0.1, 0.15) is 26.3 Å². The highest BCUT2D eigenvalue weighted by molar-refractivity contribution is 6.34. The molecule has 0 saturated heterocycles. The van der Waals surface area contributed by atoms with Crippen molar-refractivity contribution in [1.82, 2.24) is 5.32 Å². The van der Waals surface area contributed by atoms with Crippen molar-refractivity contribution in [3.05, 3.63) is 33.8 Å². The highest BCUT2D eigenvalue weighted by Crippen LogP contribution is 2.27. The van der Waals surface area contributed by atoms with Crippen molar-refractivity contribution in [3.8, 4) is 0 Å². The van der Waals surface area contributed by atoms with E-state index in [1.807, 2.05) is 26.0 Å².